The van der Waals surface area contributed by atoms with Crippen molar-refractivity contribution >= 4 is 16.8 Å². The smallest absolute Gasteiger partial charge is 0.257 e. The van der Waals surface area contributed by atoms with Gasteiger partial charge in [-0.15, -0.1) is 0 Å². The number of carbonyl (C=O) groups excluding carboxylic acids is 1. The van der Waals surface area contributed by atoms with Crippen LogP contribution in [0.25, 0.3) is 10.9 Å². The SMILES string of the molecule is Cc1c(C(=O)N2CC(Cc3nccc4cc[nH]c34)C2)cnn1C. The van der Waals surface area contributed by atoms with Gasteiger partial charge in [-0.25, -0.2) is 0 Å². The molecule has 1 amide bonds. The van der Waals surface area contributed by atoms with Crippen molar-refractivity contribution in [3.63, 3.8) is 0 Å². The molecule has 0 atom stereocenters. The highest BCUT2D eigenvalue weighted by molar-refractivity contribution is 5.95. The molecule has 0 spiro atoms. The average molecular weight is 309 g/mol. The van der Waals surface area contributed by atoms with Crippen LogP contribution in [0, 0.1) is 12.8 Å². The highest BCUT2D eigenvalue weighted by atomic mass is 16.2. The molecule has 1 aliphatic rings. The molecule has 0 bridgehead atoms. The van der Waals surface area contributed by atoms with Crippen LogP contribution in [-0.4, -0.2) is 43.6 Å². The first-order chi connectivity index (χ1) is 11.1. The van der Waals surface area contributed by atoms with E-state index >= 15 is 0 Å². The van der Waals surface area contributed by atoms with E-state index in [0.717, 1.165) is 36.4 Å². The average Bonchev–Trinajstić information content (AvgIpc) is 3.10. The van der Waals surface area contributed by atoms with Gasteiger partial charge in [-0.2, -0.15) is 5.10 Å². The second-order valence-corrected chi connectivity index (χ2v) is 6.25. The van der Waals surface area contributed by atoms with Gasteiger partial charge in [0.2, 0.25) is 0 Å². The topological polar surface area (TPSA) is 66.8 Å². The van der Waals surface area contributed by atoms with E-state index in [4.69, 9.17) is 0 Å². The van der Waals surface area contributed by atoms with Crippen LogP contribution in [-0.2, 0) is 13.5 Å². The first kappa shape index (κ1) is 14.0. The van der Waals surface area contributed by atoms with E-state index < -0.39 is 0 Å². The molecular formula is C17H19N5O. The van der Waals surface area contributed by atoms with Crippen molar-refractivity contribution in [3.8, 4) is 0 Å². The molecule has 4 rings (SSSR count). The Kier molecular flexibility index (Phi) is 3.18. The highest BCUT2D eigenvalue weighted by Gasteiger charge is 2.33. The standard InChI is InChI=1S/C17H19N5O/c1-11-14(8-20-21(11)2)17(23)22-9-12(10-22)7-15-16-13(3-5-18-15)4-6-19-16/h3-6,8,12,19H,7,9-10H2,1-2H3. The number of nitrogens with zero attached hydrogens (tertiary/aromatic N) is 4. The number of aryl methyl sites for hydroxylation is 1. The van der Waals surface area contributed by atoms with Crippen molar-refractivity contribution in [3.05, 3.63) is 47.7 Å². The number of fused-ring (bicyclic) bond motifs is 1. The van der Waals surface area contributed by atoms with E-state index in [1.807, 2.05) is 37.3 Å². The molecule has 0 unspecified atom stereocenters. The maximum Gasteiger partial charge on any atom is 0.257 e. The first-order valence-corrected chi connectivity index (χ1v) is 7.82. The van der Waals surface area contributed by atoms with Gasteiger partial charge >= 0.3 is 0 Å². The molecule has 6 nitrogen and oxygen atoms in total. The molecule has 0 radical (unpaired) electrons. The molecule has 0 aliphatic carbocycles. The normalized spacial score (nSPS) is 15.1. The number of rotatable bonds is 3. The van der Waals surface area contributed by atoms with Gasteiger partial charge in [0.25, 0.3) is 5.91 Å². The quantitative estimate of drug-likeness (QED) is 0.804. The minimum absolute atomic E-state index is 0.0814. The predicted molar refractivity (Wildman–Crippen MR) is 87.1 cm³/mol. The van der Waals surface area contributed by atoms with Gasteiger partial charge in [-0.05, 0) is 31.4 Å². The maximum absolute atomic E-state index is 12.5. The number of hydrogen-bond donors (Lipinski definition) is 1. The number of aromatic nitrogens is 4. The number of likely N-dealkylation sites (tertiary alicyclic amines) is 1. The van der Waals surface area contributed by atoms with Crippen molar-refractivity contribution in [2.75, 3.05) is 13.1 Å². The first-order valence-electron chi connectivity index (χ1n) is 7.82. The lowest BCUT2D eigenvalue weighted by Gasteiger charge is -2.39. The van der Waals surface area contributed by atoms with Crippen molar-refractivity contribution in [2.45, 2.75) is 13.3 Å². The monoisotopic (exact) mass is 309 g/mol. The van der Waals surface area contributed by atoms with Crippen LogP contribution in [0.1, 0.15) is 21.7 Å². The number of pyridine rings is 1. The van der Waals surface area contributed by atoms with Crippen LogP contribution in [0.4, 0.5) is 0 Å². The lowest BCUT2D eigenvalue weighted by molar-refractivity contribution is 0.0499. The summed E-state index contributed by atoms with van der Waals surface area (Å²) >= 11 is 0. The number of amides is 1. The Morgan fingerprint density at radius 2 is 2.22 bits per heavy atom. The summed E-state index contributed by atoms with van der Waals surface area (Å²) in [6.45, 7) is 3.49. The van der Waals surface area contributed by atoms with Gasteiger partial charge in [0, 0.05) is 43.6 Å². The third-order valence-corrected chi connectivity index (χ3v) is 4.74. The predicted octanol–water partition coefficient (Wildman–Crippen LogP) is 1.92. The lowest BCUT2D eigenvalue weighted by Crippen LogP contribution is -2.50. The van der Waals surface area contributed by atoms with Gasteiger partial charge in [0.15, 0.2) is 0 Å². The molecule has 1 aliphatic heterocycles. The number of hydrogen-bond acceptors (Lipinski definition) is 3. The van der Waals surface area contributed by atoms with Crippen LogP contribution in [0.5, 0.6) is 0 Å². The lowest BCUT2D eigenvalue weighted by atomic mass is 9.93. The summed E-state index contributed by atoms with van der Waals surface area (Å²) in [5, 5.41) is 5.34. The Morgan fingerprint density at radius 1 is 1.39 bits per heavy atom. The maximum atomic E-state index is 12.5. The molecule has 6 heteroatoms. The Labute approximate surface area is 134 Å². The molecular weight excluding hydrogens is 290 g/mol. The fourth-order valence-electron chi connectivity index (χ4n) is 3.21. The van der Waals surface area contributed by atoms with Crippen LogP contribution >= 0.6 is 0 Å². The van der Waals surface area contributed by atoms with Gasteiger partial charge in [0.05, 0.1) is 23.0 Å². The molecule has 1 saturated heterocycles. The number of H-pyrrole nitrogens is 1. The fourth-order valence-corrected chi connectivity index (χ4v) is 3.21. The van der Waals surface area contributed by atoms with Gasteiger partial charge in [-0.1, -0.05) is 0 Å². The van der Waals surface area contributed by atoms with E-state index in [0.29, 0.717) is 11.5 Å². The zero-order valence-corrected chi connectivity index (χ0v) is 13.3. The van der Waals surface area contributed by atoms with Gasteiger partial charge in [0.1, 0.15) is 0 Å². The summed E-state index contributed by atoms with van der Waals surface area (Å²) in [5.41, 5.74) is 3.81. The Balaban J connectivity index is 1.43. The minimum Gasteiger partial charge on any atom is -0.360 e. The molecule has 118 valence electrons. The summed E-state index contributed by atoms with van der Waals surface area (Å²) in [5.74, 6) is 0.551. The van der Waals surface area contributed by atoms with Crippen molar-refractivity contribution in [1.29, 1.82) is 0 Å². The molecule has 0 aromatic carbocycles. The molecule has 1 N–H and O–H groups in total. The summed E-state index contributed by atoms with van der Waals surface area (Å²) in [4.78, 5) is 22.1. The van der Waals surface area contributed by atoms with Crippen LogP contribution in [0.2, 0.25) is 0 Å². The fraction of sp³-hybridized carbons (Fsp3) is 0.353. The van der Waals surface area contributed by atoms with E-state index in [9.17, 15) is 4.79 Å². The van der Waals surface area contributed by atoms with E-state index in [1.165, 1.54) is 5.39 Å². The third-order valence-electron chi connectivity index (χ3n) is 4.74. The number of nitrogens with one attached hydrogen (secondary N) is 1. The number of aromatic amines is 1. The Hall–Kier alpha value is -2.63. The van der Waals surface area contributed by atoms with Crippen molar-refractivity contribution in [2.24, 2.45) is 13.0 Å². The summed E-state index contributed by atoms with van der Waals surface area (Å²) in [6, 6.07) is 4.07. The molecule has 3 aromatic heterocycles. The van der Waals surface area contributed by atoms with Crippen LogP contribution in [0.15, 0.2) is 30.7 Å². The zero-order chi connectivity index (χ0) is 16.0. The van der Waals surface area contributed by atoms with Gasteiger partial charge in [-0.3, -0.25) is 14.5 Å². The number of carbonyl (C=O) groups is 1. The zero-order valence-electron chi connectivity index (χ0n) is 13.3. The van der Waals surface area contributed by atoms with E-state index in [1.54, 1.807) is 10.9 Å². The third kappa shape index (κ3) is 2.30. The summed E-state index contributed by atoms with van der Waals surface area (Å²) in [6.07, 6.45) is 6.35. The Morgan fingerprint density at radius 3 is 2.96 bits per heavy atom. The van der Waals surface area contributed by atoms with Gasteiger partial charge < -0.3 is 9.88 Å². The minimum atomic E-state index is 0.0814. The molecule has 0 saturated carbocycles. The second kappa shape index (κ2) is 5.22. The van der Waals surface area contributed by atoms with Crippen LogP contribution < -0.4 is 0 Å². The van der Waals surface area contributed by atoms with Crippen LogP contribution in [0.3, 0.4) is 0 Å². The van der Waals surface area contributed by atoms with Crippen molar-refractivity contribution < 1.29 is 4.79 Å². The second-order valence-electron chi connectivity index (χ2n) is 6.25. The molecule has 1 fully saturated rings. The molecule has 4 heterocycles. The van der Waals surface area contributed by atoms with Crippen molar-refractivity contribution in [1.82, 2.24) is 24.6 Å². The largest absolute Gasteiger partial charge is 0.360 e. The molecule has 3 aromatic rings. The Bertz CT molecular complexity index is 872. The summed E-state index contributed by atoms with van der Waals surface area (Å²) in [7, 11) is 1.85. The van der Waals surface area contributed by atoms with E-state index in [-0.39, 0.29) is 5.91 Å². The molecule has 23 heavy (non-hydrogen) atoms. The summed E-state index contributed by atoms with van der Waals surface area (Å²) < 4.78 is 1.74. The van der Waals surface area contributed by atoms with E-state index in [2.05, 4.69) is 21.1 Å². The highest BCUT2D eigenvalue weighted by Crippen LogP contribution is 2.25.